The number of benzene rings is 6. The summed E-state index contributed by atoms with van der Waals surface area (Å²) in [7, 11) is 0. The zero-order valence-electron chi connectivity index (χ0n) is 28.3. The van der Waals surface area contributed by atoms with Gasteiger partial charge >= 0.3 is 0 Å². The van der Waals surface area contributed by atoms with E-state index in [9.17, 15) is 0 Å². The molecule has 3 heteroatoms. The third-order valence-electron chi connectivity index (χ3n) is 9.41. The maximum atomic E-state index is 5.42. The molecule has 0 saturated heterocycles. The maximum Gasteiger partial charge on any atom is 0.147 e. The van der Waals surface area contributed by atoms with E-state index in [0.717, 1.165) is 34.5 Å². The van der Waals surface area contributed by atoms with Crippen LogP contribution in [0, 0.1) is 5.92 Å². The highest BCUT2D eigenvalue weighted by Crippen LogP contribution is 2.45. The highest BCUT2D eigenvalue weighted by Gasteiger charge is 2.26. The van der Waals surface area contributed by atoms with Crippen molar-refractivity contribution < 1.29 is 0 Å². The van der Waals surface area contributed by atoms with Crippen LogP contribution in [-0.4, -0.2) is 9.55 Å². The van der Waals surface area contributed by atoms with Gasteiger partial charge in [0.2, 0.25) is 0 Å². The van der Waals surface area contributed by atoms with Crippen molar-refractivity contribution in [1.82, 2.24) is 9.55 Å². The van der Waals surface area contributed by atoms with Gasteiger partial charge in [0, 0.05) is 32.2 Å². The van der Waals surface area contributed by atoms with Crippen molar-refractivity contribution in [1.29, 1.82) is 0 Å². The van der Waals surface area contributed by atoms with Crippen molar-refractivity contribution in [2.75, 3.05) is 0 Å². The molecule has 6 aromatic carbocycles. The average Bonchev–Trinajstić information content (AvgIpc) is 3.67. The number of para-hydroxylation sites is 2. The number of hydrogen-bond acceptors (Lipinski definition) is 2. The molecule has 8 rings (SSSR count). The van der Waals surface area contributed by atoms with Crippen molar-refractivity contribution >= 4 is 43.2 Å². The number of hydrogen-bond donors (Lipinski definition) is 0. The quantitative estimate of drug-likeness (QED) is 0.177. The van der Waals surface area contributed by atoms with Crippen molar-refractivity contribution in [3.05, 3.63) is 144 Å². The molecule has 0 spiro atoms. The number of thiophene rings is 1. The maximum absolute atomic E-state index is 5.42. The zero-order valence-corrected chi connectivity index (χ0v) is 29.1. The van der Waals surface area contributed by atoms with Crippen LogP contribution in [0.2, 0.25) is 0 Å². The third-order valence-corrected chi connectivity index (χ3v) is 10.4. The summed E-state index contributed by atoms with van der Waals surface area (Å²) in [6, 6.07) is 46.8. The molecule has 8 aromatic rings. The van der Waals surface area contributed by atoms with Gasteiger partial charge < -0.3 is 0 Å². The van der Waals surface area contributed by atoms with E-state index in [1.54, 1.807) is 0 Å². The van der Waals surface area contributed by atoms with Gasteiger partial charge in [-0.1, -0.05) is 126 Å². The largest absolute Gasteiger partial charge is 0.291 e. The van der Waals surface area contributed by atoms with Crippen molar-refractivity contribution in [3.63, 3.8) is 0 Å². The molecule has 0 atom stereocenters. The Kier molecular flexibility index (Phi) is 7.53. The summed E-state index contributed by atoms with van der Waals surface area (Å²) in [5, 5.41) is 6.12. The minimum absolute atomic E-state index is 0.0366. The van der Waals surface area contributed by atoms with E-state index in [2.05, 4.69) is 172 Å². The number of fused-ring (bicyclic) bond motifs is 3. The normalized spacial score (nSPS) is 12.1. The van der Waals surface area contributed by atoms with Crippen LogP contribution in [-0.2, 0) is 11.8 Å². The minimum Gasteiger partial charge on any atom is -0.291 e. The Morgan fingerprint density at radius 1 is 0.667 bits per heavy atom. The molecule has 0 bridgehead atoms. The van der Waals surface area contributed by atoms with Gasteiger partial charge in [-0.15, -0.1) is 11.3 Å². The number of rotatable bonds is 6. The van der Waals surface area contributed by atoms with E-state index >= 15 is 0 Å². The van der Waals surface area contributed by atoms with E-state index in [4.69, 9.17) is 4.98 Å². The molecule has 48 heavy (non-hydrogen) atoms. The van der Waals surface area contributed by atoms with Gasteiger partial charge in [0.05, 0.1) is 16.7 Å². The van der Waals surface area contributed by atoms with Gasteiger partial charge in [-0.2, -0.15) is 0 Å². The van der Waals surface area contributed by atoms with Crippen LogP contribution in [0.4, 0.5) is 0 Å². The fraction of sp³-hybridized carbons (Fsp3) is 0.178. The van der Waals surface area contributed by atoms with Gasteiger partial charge in [0.25, 0.3) is 0 Å². The molecule has 0 amide bonds. The summed E-state index contributed by atoms with van der Waals surface area (Å²) in [6.07, 6.45) is 1.09. The van der Waals surface area contributed by atoms with Crippen LogP contribution >= 0.6 is 11.3 Å². The Hall–Kier alpha value is -4.99. The lowest BCUT2D eigenvalue weighted by atomic mass is 9.82. The van der Waals surface area contributed by atoms with Crippen LogP contribution in [0.1, 0.15) is 45.7 Å². The van der Waals surface area contributed by atoms with E-state index in [-0.39, 0.29) is 5.41 Å². The second-order valence-corrected chi connectivity index (χ2v) is 15.4. The van der Waals surface area contributed by atoms with E-state index in [1.165, 1.54) is 54.2 Å². The van der Waals surface area contributed by atoms with Crippen molar-refractivity contribution in [2.45, 2.75) is 46.5 Å². The van der Waals surface area contributed by atoms with Gasteiger partial charge in [-0.05, 0) is 87.2 Å². The lowest BCUT2D eigenvalue weighted by molar-refractivity contribution is 0.590. The van der Waals surface area contributed by atoms with Crippen LogP contribution in [0.5, 0.6) is 0 Å². The number of nitrogens with zero attached hydrogens (tertiary/aromatic N) is 2. The molecule has 2 aromatic heterocycles. The van der Waals surface area contributed by atoms with Gasteiger partial charge in [-0.3, -0.25) is 4.57 Å². The molecule has 0 unspecified atom stereocenters. The van der Waals surface area contributed by atoms with Crippen LogP contribution < -0.4 is 0 Å². The highest BCUT2D eigenvalue weighted by molar-refractivity contribution is 7.17. The van der Waals surface area contributed by atoms with Crippen LogP contribution in [0.3, 0.4) is 0 Å². The summed E-state index contributed by atoms with van der Waals surface area (Å²) >= 11 is 1.81. The average molecular weight is 641 g/mol. The van der Waals surface area contributed by atoms with Crippen molar-refractivity contribution in [2.24, 2.45) is 5.92 Å². The lowest BCUT2D eigenvalue weighted by Crippen LogP contribution is -2.13. The van der Waals surface area contributed by atoms with E-state index in [1.807, 2.05) is 11.3 Å². The fourth-order valence-corrected chi connectivity index (χ4v) is 7.98. The molecule has 0 fully saturated rings. The Labute approximate surface area is 287 Å². The molecule has 0 aliphatic rings. The zero-order chi connectivity index (χ0) is 33.0. The number of imidazole rings is 1. The van der Waals surface area contributed by atoms with Crippen LogP contribution in [0.25, 0.3) is 71.2 Å². The highest BCUT2D eigenvalue weighted by atomic mass is 32.1. The van der Waals surface area contributed by atoms with E-state index in [0.29, 0.717) is 5.92 Å². The molecule has 236 valence electrons. The summed E-state index contributed by atoms with van der Waals surface area (Å²) in [5.74, 6) is 1.60. The fourth-order valence-electron chi connectivity index (χ4n) is 7.01. The lowest BCUT2D eigenvalue weighted by Gasteiger charge is -2.26. The Balaban J connectivity index is 1.46. The van der Waals surface area contributed by atoms with Gasteiger partial charge in [0.1, 0.15) is 5.82 Å². The summed E-state index contributed by atoms with van der Waals surface area (Å²) in [6.45, 7) is 11.5. The monoisotopic (exact) mass is 640 g/mol. The molecular formula is C45H40N2S. The van der Waals surface area contributed by atoms with Crippen LogP contribution in [0.15, 0.2) is 133 Å². The van der Waals surface area contributed by atoms with Gasteiger partial charge in [0.15, 0.2) is 0 Å². The SMILES string of the molecule is CC(C)Cc1ccc2cc3c(-c4nc5ccccc5n4-c4c(-c5ccccc5)cc(C(C)(C)C)cc4-c4ccccc4)csc3cc2c1. The topological polar surface area (TPSA) is 17.8 Å². The number of aromatic nitrogens is 2. The molecule has 2 nitrogen and oxygen atoms in total. The predicted octanol–water partition coefficient (Wildman–Crippen LogP) is 12.9. The van der Waals surface area contributed by atoms with E-state index < -0.39 is 0 Å². The molecule has 0 aliphatic heterocycles. The first-order valence-corrected chi connectivity index (χ1v) is 17.8. The first-order chi connectivity index (χ1) is 23.2. The molecule has 0 aliphatic carbocycles. The van der Waals surface area contributed by atoms with Gasteiger partial charge in [-0.25, -0.2) is 4.98 Å². The van der Waals surface area contributed by atoms with Crippen molar-refractivity contribution in [3.8, 4) is 39.3 Å². The molecule has 2 heterocycles. The first-order valence-electron chi connectivity index (χ1n) is 17.0. The first kappa shape index (κ1) is 30.4. The summed E-state index contributed by atoms with van der Waals surface area (Å²) in [5.41, 5.74) is 11.9. The molecule has 0 saturated carbocycles. The third kappa shape index (κ3) is 5.42. The Morgan fingerprint density at radius 3 is 1.96 bits per heavy atom. The smallest absolute Gasteiger partial charge is 0.147 e. The molecular weight excluding hydrogens is 601 g/mol. The summed E-state index contributed by atoms with van der Waals surface area (Å²) < 4.78 is 3.72. The minimum atomic E-state index is -0.0366. The second-order valence-electron chi connectivity index (χ2n) is 14.4. The Bertz CT molecular complexity index is 2360. The molecule has 0 N–H and O–H groups in total. The predicted molar refractivity (Wildman–Crippen MR) is 208 cm³/mol. The summed E-state index contributed by atoms with van der Waals surface area (Å²) in [4.78, 5) is 5.42. The second kappa shape index (κ2) is 11.9. The molecule has 0 radical (unpaired) electrons. The standard InChI is InChI=1S/C45H40N2S/c1-29(2)22-30-20-21-33-24-38-39(28-48-42(38)25-34(33)23-30)44-46-40-18-12-13-19-41(40)47(44)43-36(31-14-8-6-9-15-31)26-35(45(3,4)5)27-37(43)32-16-10-7-11-17-32/h6-21,23-29H,22H2,1-5H3. The Morgan fingerprint density at radius 2 is 1.31 bits per heavy atom.